The minimum absolute atomic E-state index is 0.0835. The molecule has 0 aliphatic rings. The van der Waals surface area contributed by atoms with Gasteiger partial charge in [0.15, 0.2) is 0 Å². The van der Waals surface area contributed by atoms with Crippen LogP contribution in [0.5, 0.6) is 11.5 Å². The molecule has 0 saturated heterocycles. The van der Waals surface area contributed by atoms with Gasteiger partial charge in [0, 0.05) is 6.20 Å². The first-order valence-corrected chi connectivity index (χ1v) is 34.1. The predicted octanol–water partition coefficient (Wildman–Crippen LogP) is 23.4. The molecule has 472 valence electrons. The summed E-state index contributed by atoms with van der Waals surface area (Å²) in [5.41, 5.74) is 22.6. The van der Waals surface area contributed by atoms with E-state index in [0.717, 1.165) is 120 Å². The second kappa shape index (κ2) is 23.2. The van der Waals surface area contributed by atoms with E-state index in [-0.39, 0.29) is 21.7 Å². The van der Waals surface area contributed by atoms with Crippen molar-refractivity contribution in [3.05, 3.63) is 287 Å². The fourth-order valence-corrected chi connectivity index (χ4v) is 14.8. The molecule has 0 aliphatic heterocycles. The van der Waals surface area contributed by atoms with Gasteiger partial charge in [0.25, 0.3) is 0 Å². The molecule has 11 aromatic carbocycles. The fourth-order valence-electron chi connectivity index (χ4n) is 13.8. The van der Waals surface area contributed by atoms with Crippen LogP contribution in [0.2, 0.25) is 0 Å². The zero-order chi connectivity index (χ0) is 65.9. The monoisotopic (exact) mass is 1410 g/mol. The number of ether oxygens (including phenoxy) is 1. The van der Waals surface area contributed by atoms with Gasteiger partial charge in [0.05, 0.1) is 0 Å². The Bertz CT molecular complexity index is 5540. The topological polar surface area (TPSA) is 41.3 Å². The second-order valence-corrected chi connectivity index (χ2v) is 30.5. The molecular formula is C88H77N5OPt-2. The van der Waals surface area contributed by atoms with Crippen LogP contribution in [-0.2, 0) is 41.0 Å². The van der Waals surface area contributed by atoms with Crippen molar-refractivity contribution in [2.24, 2.45) is 0 Å². The molecule has 0 bridgehead atoms. The summed E-state index contributed by atoms with van der Waals surface area (Å²) in [5.74, 6) is 1.93. The van der Waals surface area contributed by atoms with Crippen LogP contribution < -0.4 is 4.74 Å². The van der Waals surface area contributed by atoms with Gasteiger partial charge in [0.2, 0.25) is 0 Å². The number of aromatic nitrogens is 5. The molecule has 0 fully saturated rings. The van der Waals surface area contributed by atoms with Gasteiger partial charge >= 0.3 is 516 Å². The molecule has 0 N–H and O–H groups in total. The molecule has 0 saturated carbocycles. The SMILES string of the molecule is CC(C)(C)c1cccc(-c2cccc(-c3cc(C(C)(C)C)cc(C(C)(C)C)c3)c2-n2[c](=[Pt])n3c4[c-]c(Oc5[c-]c6c(cc5)c5ccccc5n6-c5cc(C(C)(C)C)ccn5)ccc4n(-c4c(-c5ccccc5)cccc4-c4ccccc4)c4ccccc4c4cccc2c43)c1. The van der Waals surface area contributed by atoms with E-state index >= 15 is 0 Å². The molecule has 15 aromatic rings. The molecule has 0 radical (unpaired) electrons. The van der Waals surface area contributed by atoms with Gasteiger partial charge in [-0.2, -0.15) is 0 Å². The number of rotatable bonds is 9. The number of benzene rings is 11. The zero-order valence-corrected chi connectivity index (χ0v) is 58.4. The second-order valence-electron chi connectivity index (χ2n) is 29.5. The molecule has 0 unspecified atom stereocenters. The molecular weight excluding hydrogens is 1340 g/mol. The predicted molar refractivity (Wildman–Crippen MR) is 393 cm³/mol. The van der Waals surface area contributed by atoms with Crippen LogP contribution in [0.3, 0.4) is 0 Å². The Morgan fingerprint density at radius 2 is 0.789 bits per heavy atom. The van der Waals surface area contributed by atoms with Crippen LogP contribution in [-0.4, -0.2) is 23.1 Å². The summed E-state index contributed by atoms with van der Waals surface area (Å²) in [5, 5.41) is 4.36. The summed E-state index contributed by atoms with van der Waals surface area (Å²) < 4.78 is 18.0. The van der Waals surface area contributed by atoms with E-state index in [1.54, 1.807) is 0 Å². The normalized spacial score (nSPS) is 12.5. The molecule has 6 nitrogen and oxygen atoms in total. The standard InChI is InChI=1S/C88H77N5O.Pt/c1-85(2,3)61-32-23-31-59(49-61)69-37-25-38-70(60-50-63(87(7,8)9)52-64(51-60)88(10,11)12)82(69)90-56-91-80-55-66(94-65-43-45-73-71-33-19-21-40-75(71)92(79(73)54-65)81-53-62(47-48-89-81)86(4,5)6)44-46-77(80)93(76-41-22-20-34-72(76)74-39-26-42-78(90)84(74)91)83-67(57-27-15-13-16-28-57)35-24-36-68(83)58-29-17-14-18-30-58;/h13-53H,1-12H3;/q-2;. The van der Waals surface area contributed by atoms with Crippen LogP contribution in [0.4, 0.5) is 0 Å². The first-order valence-electron chi connectivity index (χ1n) is 33.0. The average Bonchev–Trinajstić information content (AvgIpc) is 1.61. The van der Waals surface area contributed by atoms with Gasteiger partial charge in [-0.15, -0.1) is 0 Å². The third-order valence-corrected chi connectivity index (χ3v) is 19.9. The van der Waals surface area contributed by atoms with E-state index in [4.69, 9.17) is 9.72 Å². The number of nitrogens with zero attached hydrogens (tertiary/aromatic N) is 5. The van der Waals surface area contributed by atoms with Crippen LogP contribution in [0.15, 0.2) is 249 Å². The maximum absolute atomic E-state index is 7.29. The van der Waals surface area contributed by atoms with Crippen LogP contribution in [0, 0.1) is 15.9 Å². The number of hydrogen-bond donors (Lipinski definition) is 0. The van der Waals surface area contributed by atoms with Crippen molar-refractivity contribution >= 4 is 60.2 Å². The van der Waals surface area contributed by atoms with E-state index in [2.05, 4.69) is 369 Å². The zero-order valence-electron chi connectivity index (χ0n) is 56.1. The van der Waals surface area contributed by atoms with Crippen LogP contribution in [0.1, 0.15) is 105 Å². The molecule has 4 heterocycles. The molecule has 0 aliphatic carbocycles. The molecule has 7 heteroatoms. The number of pyridine rings is 1. The van der Waals surface area contributed by atoms with Gasteiger partial charge in [-0.25, -0.2) is 0 Å². The Morgan fingerprint density at radius 1 is 0.337 bits per heavy atom. The Hall–Kier alpha value is -9.87. The van der Waals surface area contributed by atoms with E-state index in [9.17, 15) is 0 Å². The summed E-state index contributed by atoms with van der Waals surface area (Å²) in [4.78, 5) is 5.01. The van der Waals surface area contributed by atoms with Crippen molar-refractivity contribution in [1.29, 1.82) is 0 Å². The summed E-state index contributed by atoms with van der Waals surface area (Å²) >= 11 is 2.63. The fraction of sp³-hybridized carbons (Fsp3) is 0.182. The van der Waals surface area contributed by atoms with E-state index in [1.807, 2.05) is 12.3 Å². The van der Waals surface area contributed by atoms with Gasteiger partial charge in [-0.3, -0.25) is 0 Å². The first kappa shape index (κ1) is 61.3. The van der Waals surface area contributed by atoms with Gasteiger partial charge in [0.1, 0.15) is 0 Å². The van der Waals surface area contributed by atoms with Crippen molar-refractivity contribution < 1.29 is 24.1 Å². The van der Waals surface area contributed by atoms with Gasteiger partial charge in [-0.05, 0) is 17.0 Å². The van der Waals surface area contributed by atoms with Crippen LogP contribution in [0.25, 0.3) is 122 Å². The molecule has 15 rings (SSSR count). The summed E-state index contributed by atoms with van der Waals surface area (Å²) in [6.45, 7) is 27.6. The Balaban J connectivity index is 1.10. The van der Waals surface area contributed by atoms with Crippen molar-refractivity contribution in [3.8, 4) is 73.2 Å². The third-order valence-electron chi connectivity index (χ3n) is 18.9. The summed E-state index contributed by atoms with van der Waals surface area (Å²) in [6.07, 6.45) is 1.92. The van der Waals surface area contributed by atoms with Crippen molar-refractivity contribution in [2.45, 2.75) is 105 Å². The van der Waals surface area contributed by atoms with Gasteiger partial charge < -0.3 is 0 Å². The van der Waals surface area contributed by atoms with Crippen molar-refractivity contribution in [1.82, 2.24) is 23.1 Å². The summed E-state index contributed by atoms with van der Waals surface area (Å²) in [7, 11) is 0. The van der Waals surface area contributed by atoms with Crippen molar-refractivity contribution in [3.63, 3.8) is 0 Å². The molecule has 0 atom stereocenters. The number of fused-ring (bicyclic) bond motifs is 7. The Morgan fingerprint density at radius 3 is 1.40 bits per heavy atom. The number of hydrogen-bond acceptors (Lipinski definition) is 2. The number of imidazole rings is 1. The first-order chi connectivity index (χ1) is 45.6. The molecule has 4 aromatic heterocycles. The van der Waals surface area contributed by atoms with Crippen LogP contribution >= 0.6 is 0 Å². The number of para-hydroxylation sites is 5. The Kier molecular flexibility index (Phi) is 15.0. The maximum atomic E-state index is 7.29. The molecule has 0 amide bonds. The quantitative estimate of drug-likeness (QED) is 0.135. The molecule has 95 heavy (non-hydrogen) atoms. The van der Waals surface area contributed by atoms with Crippen molar-refractivity contribution in [2.75, 3.05) is 0 Å². The Labute approximate surface area is 568 Å². The van der Waals surface area contributed by atoms with Gasteiger partial charge in [-0.1, -0.05) is 32.9 Å². The summed E-state index contributed by atoms with van der Waals surface area (Å²) in [6, 6.07) is 96.9. The molecule has 0 spiro atoms. The van der Waals surface area contributed by atoms with E-state index < -0.39 is 0 Å². The van der Waals surface area contributed by atoms with E-state index in [0.29, 0.717) is 11.5 Å². The average molecular weight is 1420 g/mol. The third kappa shape index (κ3) is 10.9. The minimum atomic E-state index is -0.119. The van der Waals surface area contributed by atoms with E-state index in [1.165, 1.54) is 27.8 Å².